The van der Waals surface area contributed by atoms with E-state index in [9.17, 15) is 9.59 Å². The Bertz CT molecular complexity index is 596. The molecular weight excluding hydrogens is 190 g/mol. The highest BCUT2D eigenvalue weighted by atomic mass is 16.1. The molecule has 2 aromatic rings. The van der Waals surface area contributed by atoms with Gasteiger partial charge in [0, 0.05) is 30.3 Å². The molecule has 0 aliphatic carbocycles. The maximum absolute atomic E-state index is 11.5. The molecular formula is C12H11NO2. The number of aryl methyl sites for hydroxylation is 1. The molecule has 0 saturated heterocycles. The van der Waals surface area contributed by atoms with Crippen molar-refractivity contribution >= 4 is 16.7 Å². The van der Waals surface area contributed by atoms with Crippen LogP contribution in [-0.2, 0) is 7.05 Å². The summed E-state index contributed by atoms with van der Waals surface area (Å²) in [5.41, 5.74) is 1.40. The van der Waals surface area contributed by atoms with Crippen LogP contribution in [0, 0.1) is 0 Å². The van der Waals surface area contributed by atoms with Gasteiger partial charge in [-0.05, 0) is 19.1 Å². The third-order valence-electron chi connectivity index (χ3n) is 2.50. The second kappa shape index (κ2) is 3.35. The third-order valence-corrected chi connectivity index (χ3v) is 2.50. The molecule has 1 heterocycles. The van der Waals surface area contributed by atoms with Crippen LogP contribution in [0.5, 0.6) is 0 Å². The summed E-state index contributed by atoms with van der Waals surface area (Å²) in [5, 5.41) is 0.644. The van der Waals surface area contributed by atoms with E-state index in [2.05, 4.69) is 0 Å². The van der Waals surface area contributed by atoms with Gasteiger partial charge in [0.1, 0.15) is 0 Å². The Kier molecular flexibility index (Phi) is 2.15. The molecule has 0 bridgehead atoms. The summed E-state index contributed by atoms with van der Waals surface area (Å²) >= 11 is 0. The molecule has 0 aliphatic heterocycles. The van der Waals surface area contributed by atoms with Crippen LogP contribution in [0.2, 0.25) is 0 Å². The summed E-state index contributed by atoms with van der Waals surface area (Å²) in [6.45, 7) is 1.52. The van der Waals surface area contributed by atoms with E-state index in [-0.39, 0.29) is 11.2 Å². The fourth-order valence-corrected chi connectivity index (χ4v) is 1.60. The van der Waals surface area contributed by atoms with Crippen LogP contribution in [0.3, 0.4) is 0 Å². The summed E-state index contributed by atoms with van der Waals surface area (Å²) in [6.07, 6.45) is 1.70. The molecule has 0 fully saturated rings. The van der Waals surface area contributed by atoms with Gasteiger partial charge in [-0.2, -0.15) is 0 Å². The lowest BCUT2D eigenvalue weighted by Gasteiger charge is -2.05. The molecule has 0 N–H and O–H groups in total. The van der Waals surface area contributed by atoms with E-state index < -0.39 is 0 Å². The normalized spacial score (nSPS) is 10.5. The quantitative estimate of drug-likeness (QED) is 0.659. The van der Waals surface area contributed by atoms with Crippen molar-refractivity contribution in [3.8, 4) is 0 Å². The number of fused-ring (bicyclic) bond motifs is 1. The van der Waals surface area contributed by atoms with Gasteiger partial charge < -0.3 is 4.57 Å². The Morgan fingerprint density at radius 1 is 1.27 bits per heavy atom. The lowest BCUT2D eigenvalue weighted by Crippen LogP contribution is -2.06. The van der Waals surface area contributed by atoms with E-state index in [4.69, 9.17) is 0 Å². The van der Waals surface area contributed by atoms with Gasteiger partial charge >= 0.3 is 0 Å². The fraction of sp³-hybridized carbons (Fsp3) is 0.167. The van der Waals surface area contributed by atoms with E-state index >= 15 is 0 Å². The van der Waals surface area contributed by atoms with Crippen molar-refractivity contribution in [1.82, 2.24) is 4.57 Å². The molecule has 76 valence electrons. The molecule has 0 saturated carbocycles. The summed E-state index contributed by atoms with van der Waals surface area (Å²) < 4.78 is 1.84. The monoisotopic (exact) mass is 201 g/mol. The highest BCUT2D eigenvalue weighted by molar-refractivity contribution is 5.97. The predicted molar refractivity (Wildman–Crippen MR) is 59.2 cm³/mol. The number of hydrogen-bond donors (Lipinski definition) is 0. The van der Waals surface area contributed by atoms with E-state index in [1.54, 1.807) is 24.4 Å². The standard InChI is InChI=1S/C12H11NO2/c1-8(14)9-3-4-10-11(7-9)13(2)6-5-12(10)15/h3-7H,1-2H3. The lowest BCUT2D eigenvalue weighted by atomic mass is 10.1. The topological polar surface area (TPSA) is 39.1 Å². The maximum Gasteiger partial charge on any atom is 0.189 e. The van der Waals surface area contributed by atoms with E-state index in [1.165, 1.54) is 13.0 Å². The van der Waals surface area contributed by atoms with Crippen LogP contribution < -0.4 is 5.43 Å². The molecule has 3 nitrogen and oxygen atoms in total. The van der Waals surface area contributed by atoms with Crippen molar-refractivity contribution in [2.45, 2.75) is 6.92 Å². The van der Waals surface area contributed by atoms with E-state index in [0.717, 1.165) is 5.52 Å². The predicted octanol–water partition coefficient (Wildman–Crippen LogP) is 1.74. The summed E-state index contributed by atoms with van der Waals surface area (Å²) in [6, 6.07) is 6.66. The molecule has 2 rings (SSSR count). The lowest BCUT2D eigenvalue weighted by molar-refractivity contribution is 0.101. The first-order chi connectivity index (χ1) is 7.09. The molecule has 0 unspecified atom stereocenters. The van der Waals surface area contributed by atoms with Crippen LogP contribution in [0.15, 0.2) is 35.3 Å². The smallest absolute Gasteiger partial charge is 0.189 e. The van der Waals surface area contributed by atoms with Gasteiger partial charge in [0.15, 0.2) is 11.2 Å². The molecule has 3 heteroatoms. The van der Waals surface area contributed by atoms with Gasteiger partial charge in [-0.15, -0.1) is 0 Å². The minimum Gasteiger partial charge on any atom is -0.350 e. The first kappa shape index (κ1) is 9.65. The molecule has 1 aromatic heterocycles. The zero-order valence-corrected chi connectivity index (χ0v) is 8.65. The third kappa shape index (κ3) is 1.56. The van der Waals surface area contributed by atoms with Crippen molar-refractivity contribution in [3.05, 3.63) is 46.2 Å². The van der Waals surface area contributed by atoms with Gasteiger partial charge in [-0.3, -0.25) is 9.59 Å². The van der Waals surface area contributed by atoms with Crippen molar-refractivity contribution in [1.29, 1.82) is 0 Å². The highest BCUT2D eigenvalue weighted by Crippen LogP contribution is 2.12. The number of carbonyl (C=O) groups is 1. The van der Waals surface area contributed by atoms with Gasteiger partial charge in [0.25, 0.3) is 0 Å². The summed E-state index contributed by atoms with van der Waals surface area (Å²) in [4.78, 5) is 22.7. The molecule has 0 aliphatic rings. The zero-order chi connectivity index (χ0) is 11.0. The van der Waals surface area contributed by atoms with Crippen molar-refractivity contribution in [3.63, 3.8) is 0 Å². The number of hydrogen-bond acceptors (Lipinski definition) is 2. The number of nitrogens with zero attached hydrogens (tertiary/aromatic N) is 1. The number of carbonyl (C=O) groups excluding carboxylic acids is 1. The molecule has 0 amide bonds. The number of rotatable bonds is 1. The van der Waals surface area contributed by atoms with Crippen LogP contribution in [-0.4, -0.2) is 10.4 Å². The molecule has 0 radical (unpaired) electrons. The van der Waals surface area contributed by atoms with Gasteiger partial charge in [-0.1, -0.05) is 6.07 Å². The summed E-state index contributed by atoms with van der Waals surface area (Å²) in [7, 11) is 1.85. The zero-order valence-electron chi connectivity index (χ0n) is 8.65. The Morgan fingerprint density at radius 2 is 2.00 bits per heavy atom. The fourth-order valence-electron chi connectivity index (χ4n) is 1.60. The first-order valence-corrected chi connectivity index (χ1v) is 4.70. The Balaban J connectivity index is 2.87. The van der Waals surface area contributed by atoms with Gasteiger partial charge in [0.2, 0.25) is 0 Å². The van der Waals surface area contributed by atoms with Gasteiger partial charge in [-0.25, -0.2) is 0 Å². The summed E-state index contributed by atoms with van der Waals surface area (Å²) in [5.74, 6) is 0.00759. The molecule has 1 aromatic carbocycles. The first-order valence-electron chi connectivity index (χ1n) is 4.70. The number of aromatic nitrogens is 1. The highest BCUT2D eigenvalue weighted by Gasteiger charge is 2.04. The maximum atomic E-state index is 11.5. The van der Waals surface area contributed by atoms with Crippen molar-refractivity contribution in [2.75, 3.05) is 0 Å². The minimum atomic E-state index is -0.0156. The van der Waals surface area contributed by atoms with Crippen LogP contribution in [0.1, 0.15) is 17.3 Å². The van der Waals surface area contributed by atoms with Crippen molar-refractivity contribution in [2.24, 2.45) is 7.05 Å². The Labute approximate surface area is 87.0 Å². The SMILES string of the molecule is CC(=O)c1ccc2c(=O)ccn(C)c2c1. The number of Topliss-reactive ketones (excluding diaryl/α,β-unsaturated/α-hetero) is 1. The number of pyridine rings is 1. The van der Waals surface area contributed by atoms with E-state index in [1.807, 2.05) is 11.6 Å². The molecule has 0 atom stereocenters. The second-order valence-corrected chi connectivity index (χ2v) is 3.58. The Hall–Kier alpha value is -1.90. The van der Waals surface area contributed by atoms with Crippen LogP contribution >= 0.6 is 0 Å². The van der Waals surface area contributed by atoms with Crippen LogP contribution in [0.25, 0.3) is 10.9 Å². The average Bonchev–Trinajstić information content (AvgIpc) is 2.23. The van der Waals surface area contributed by atoms with Gasteiger partial charge in [0.05, 0.1) is 5.52 Å². The molecule has 15 heavy (non-hydrogen) atoms. The number of ketones is 1. The largest absolute Gasteiger partial charge is 0.350 e. The minimum absolute atomic E-state index is 0.00759. The average molecular weight is 201 g/mol. The Morgan fingerprint density at radius 3 is 2.67 bits per heavy atom. The van der Waals surface area contributed by atoms with Crippen molar-refractivity contribution < 1.29 is 4.79 Å². The molecule has 0 spiro atoms. The number of benzene rings is 1. The van der Waals surface area contributed by atoms with Crippen LogP contribution in [0.4, 0.5) is 0 Å². The van der Waals surface area contributed by atoms with E-state index in [0.29, 0.717) is 10.9 Å². The second-order valence-electron chi connectivity index (χ2n) is 3.58.